The summed E-state index contributed by atoms with van der Waals surface area (Å²) in [6.45, 7) is 10.1. The van der Waals surface area contributed by atoms with E-state index in [1.54, 1.807) is 0 Å². The van der Waals surface area contributed by atoms with E-state index >= 15 is 17.6 Å². The Labute approximate surface area is 398 Å². The van der Waals surface area contributed by atoms with Crippen molar-refractivity contribution in [3.05, 3.63) is 35.0 Å². The summed E-state index contributed by atoms with van der Waals surface area (Å²) in [4.78, 5) is 103. The second-order valence-corrected chi connectivity index (χ2v) is 17.3. The Morgan fingerprint density at radius 2 is 1.30 bits per heavy atom. The van der Waals surface area contributed by atoms with Gasteiger partial charge in [-0.15, -0.1) is 0 Å². The monoisotopic (exact) mass is 1010 g/mol. The Balaban J connectivity index is 1.71. The molecule has 0 aliphatic carbocycles. The molecule has 0 spiro atoms. The summed E-state index contributed by atoms with van der Waals surface area (Å²) >= 11 is 0. The Hall–Kier alpha value is -6.58. The molecule has 2 fully saturated rings. The van der Waals surface area contributed by atoms with Gasteiger partial charge in [0.05, 0.1) is 26.1 Å². The minimum atomic E-state index is -4.25. The number of rotatable bonds is 21. The van der Waals surface area contributed by atoms with Crippen LogP contribution in [0, 0.1) is 5.41 Å². The van der Waals surface area contributed by atoms with Gasteiger partial charge in [-0.2, -0.15) is 22.5 Å². The molecular weight excluding hydrogens is 952 g/mol. The lowest BCUT2D eigenvalue weighted by Crippen LogP contribution is -2.49. The van der Waals surface area contributed by atoms with E-state index in [9.17, 15) is 38.4 Å². The highest BCUT2D eigenvalue weighted by atomic mass is 19.3. The standard InChI is InChI=1S/C42H58F4N6O18/c1-9-11-19-61-35(57)48-26(47)15-17-51(23-53)32-41(43,44)30(67-37(59)69-39(3,4)5)24(65-32)21-63-28(54)13-14-29(55)64-22-25-31(68-38(60)70-40(6,7)8)42(45,46)33(66-25)52-18-16-27(49-34(52)56)50-36(58)62-20-12-10-2/h15-18,23-25,30-33H,9-14,19-22H2,1-8H3,(H2,47,48,57)(H,49,50,56,58)/b17-15-/t24-,25-,30-,31-,32-,33-/m1/s1. The van der Waals surface area contributed by atoms with E-state index in [4.69, 9.17) is 52.8 Å². The molecule has 28 heteroatoms. The van der Waals surface area contributed by atoms with E-state index in [0.717, 1.165) is 24.8 Å². The Morgan fingerprint density at radius 3 is 1.79 bits per heavy atom. The van der Waals surface area contributed by atoms with Crippen LogP contribution in [0.4, 0.5) is 42.6 Å². The molecular formula is C42H58F4N6O18. The molecule has 2 aliphatic heterocycles. The lowest BCUT2D eigenvalue weighted by molar-refractivity contribution is -0.167. The molecule has 3 N–H and O–H groups in total. The van der Waals surface area contributed by atoms with Crippen LogP contribution < -0.4 is 16.3 Å². The van der Waals surface area contributed by atoms with Crippen LogP contribution in [0.2, 0.25) is 0 Å². The normalized spacial score (nSPS) is 21.4. The largest absolute Gasteiger partial charge is 0.509 e. The number of alkyl halides is 4. The van der Waals surface area contributed by atoms with E-state index in [1.165, 1.54) is 41.5 Å². The lowest BCUT2D eigenvalue weighted by atomic mass is 10.1. The third-order valence-corrected chi connectivity index (χ3v) is 9.09. The summed E-state index contributed by atoms with van der Waals surface area (Å²) in [6, 6.07) is 0.984. The minimum Gasteiger partial charge on any atom is -0.463 e. The fraction of sp³-hybridized carbons (Fsp3) is 0.667. The molecule has 1 aromatic heterocycles. The van der Waals surface area contributed by atoms with Crippen LogP contribution in [0.25, 0.3) is 0 Å². The SMILES string of the molecule is CCCCOC(=O)NC(=N)/C=C\N(C=O)[C@@H]1O[C@H](COC(=O)CCC(=O)OC[C@H]2O[C@@H](n3ccc(NC(=O)OCCCC)nc3=O)C(F)(F)[C@@H]2OC(=O)OC(C)(C)C)[C@@H](OC(=O)OC(C)(C)C)C1(F)F. The first-order chi connectivity index (χ1) is 32.6. The van der Waals surface area contributed by atoms with Gasteiger partial charge in [0.2, 0.25) is 31.1 Å². The second kappa shape index (κ2) is 25.3. The number of carbonyl (C=O) groups is 7. The van der Waals surface area contributed by atoms with E-state index in [2.05, 4.69) is 10.3 Å². The second-order valence-electron chi connectivity index (χ2n) is 17.3. The predicted octanol–water partition coefficient (Wildman–Crippen LogP) is 5.47. The van der Waals surface area contributed by atoms with Gasteiger partial charge in [-0.3, -0.25) is 39.9 Å². The summed E-state index contributed by atoms with van der Waals surface area (Å²) in [5, 5.41) is 12.1. The van der Waals surface area contributed by atoms with Crippen LogP contribution in [0.5, 0.6) is 0 Å². The van der Waals surface area contributed by atoms with Crippen LogP contribution in [0.15, 0.2) is 29.3 Å². The summed E-state index contributed by atoms with van der Waals surface area (Å²) in [6.07, 6.45) is -16.4. The van der Waals surface area contributed by atoms with E-state index < -0.39 is 134 Å². The molecule has 0 unspecified atom stereocenters. The van der Waals surface area contributed by atoms with Crippen molar-refractivity contribution in [3.8, 4) is 0 Å². The molecule has 6 atom stereocenters. The number of esters is 2. The van der Waals surface area contributed by atoms with Crippen molar-refractivity contribution in [2.75, 3.05) is 31.7 Å². The molecule has 3 rings (SSSR count). The zero-order valence-corrected chi connectivity index (χ0v) is 39.6. The Bertz CT molecular complexity index is 2110. The number of hydrogen-bond acceptors (Lipinski definition) is 20. The maximum absolute atomic E-state index is 16.0. The van der Waals surface area contributed by atoms with Crippen molar-refractivity contribution in [3.63, 3.8) is 0 Å². The maximum atomic E-state index is 16.0. The zero-order chi connectivity index (χ0) is 52.6. The molecule has 0 radical (unpaired) electrons. The number of anilines is 1. The number of alkyl carbamates (subject to hydrolysis) is 1. The molecule has 70 heavy (non-hydrogen) atoms. The molecule has 3 amide bonds. The number of amides is 3. The fourth-order valence-electron chi connectivity index (χ4n) is 5.91. The molecule has 2 saturated heterocycles. The van der Waals surface area contributed by atoms with Gasteiger partial charge in [-0.1, -0.05) is 26.7 Å². The molecule has 24 nitrogen and oxygen atoms in total. The number of unbranched alkanes of at least 4 members (excludes halogenated alkanes) is 2. The van der Waals surface area contributed by atoms with Crippen molar-refractivity contribution in [1.82, 2.24) is 19.8 Å². The number of nitrogens with zero attached hydrogens (tertiary/aromatic N) is 3. The molecule has 0 aromatic carbocycles. The first kappa shape index (κ1) is 57.7. The van der Waals surface area contributed by atoms with Gasteiger partial charge in [0.1, 0.15) is 48.3 Å². The molecule has 1 aromatic rings. The molecule has 2 aliphatic rings. The van der Waals surface area contributed by atoms with Crippen LogP contribution in [0.3, 0.4) is 0 Å². The van der Waals surface area contributed by atoms with Gasteiger partial charge < -0.3 is 47.4 Å². The van der Waals surface area contributed by atoms with Crippen LogP contribution in [0.1, 0.15) is 100 Å². The van der Waals surface area contributed by atoms with Gasteiger partial charge in [0.15, 0.2) is 0 Å². The van der Waals surface area contributed by atoms with Crippen molar-refractivity contribution in [2.45, 2.75) is 154 Å². The number of halogens is 4. The zero-order valence-electron chi connectivity index (χ0n) is 39.6. The highest BCUT2D eigenvalue weighted by Crippen LogP contribution is 2.45. The average molecular weight is 1010 g/mol. The number of nitrogens with one attached hydrogen (secondary N) is 3. The number of amidine groups is 1. The van der Waals surface area contributed by atoms with Crippen molar-refractivity contribution >= 4 is 54.5 Å². The Kier molecular flexibility index (Phi) is 20.9. The maximum Gasteiger partial charge on any atom is 0.509 e. The molecule has 0 bridgehead atoms. The smallest absolute Gasteiger partial charge is 0.463 e. The van der Waals surface area contributed by atoms with E-state index in [-0.39, 0.29) is 30.3 Å². The number of hydrogen-bond donors (Lipinski definition) is 3. The third-order valence-electron chi connectivity index (χ3n) is 9.09. The highest BCUT2D eigenvalue weighted by Gasteiger charge is 2.65. The number of ether oxygens (including phenoxy) is 10. The van der Waals surface area contributed by atoms with E-state index in [0.29, 0.717) is 30.0 Å². The van der Waals surface area contributed by atoms with Gasteiger partial charge in [-0.05, 0) is 66.5 Å². The van der Waals surface area contributed by atoms with Crippen LogP contribution in [-0.2, 0) is 61.8 Å². The number of aromatic nitrogens is 2. The summed E-state index contributed by atoms with van der Waals surface area (Å²) in [5.41, 5.74) is -3.79. The van der Waals surface area contributed by atoms with E-state index in [1.807, 2.05) is 19.2 Å². The van der Waals surface area contributed by atoms with Crippen molar-refractivity contribution in [2.24, 2.45) is 0 Å². The van der Waals surface area contributed by atoms with Crippen LogP contribution >= 0.6 is 0 Å². The lowest BCUT2D eigenvalue weighted by Gasteiger charge is -2.28. The van der Waals surface area contributed by atoms with Crippen molar-refractivity contribution in [1.29, 1.82) is 5.41 Å². The molecule has 3 heterocycles. The highest BCUT2D eigenvalue weighted by molar-refractivity contribution is 6.00. The van der Waals surface area contributed by atoms with Crippen LogP contribution in [-0.4, -0.2) is 143 Å². The average Bonchev–Trinajstić information content (AvgIpc) is 3.63. The molecule has 392 valence electrons. The van der Waals surface area contributed by atoms with Gasteiger partial charge >= 0.3 is 54.0 Å². The fourth-order valence-corrected chi connectivity index (χ4v) is 5.91. The van der Waals surface area contributed by atoms with Crippen molar-refractivity contribution < 1.29 is 98.5 Å². The number of carbonyl (C=O) groups excluding carboxylic acids is 7. The summed E-state index contributed by atoms with van der Waals surface area (Å²) in [5.74, 6) is -12.0. The topological polar surface area (TPSA) is 298 Å². The van der Waals surface area contributed by atoms with Gasteiger partial charge in [0, 0.05) is 12.4 Å². The minimum absolute atomic E-state index is 0.0361. The Morgan fingerprint density at radius 1 is 0.800 bits per heavy atom. The summed E-state index contributed by atoms with van der Waals surface area (Å²) < 4.78 is 115. The third kappa shape index (κ3) is 17.7. The summed E-state index contributed by atoms with van der Waals surface area (Å²) in [7, 11) is 0. The first-order valence-corrected chi connectivity index (χ1v) is 21.7. The predicted molar refractivity (Wildman–Crippen MR) is 228 cm³/mol. The van der Waals surface area contributed by atoms with Gasteiger partial charge in [-0.25, -0.2) is 24.0 Å². The van der Waals surface area contributed by atoms with Gasteiger partial charge in [0.25, 0.3) is 0 Å². The molecule has 0 saturated carbocycles. The quantitative estimate of drug-likeness (QED) is 0.0262. The first-order valence-electron chi connectivity index (χ1n) is 21.7.